The van der Waals surface area contributed by atoms with Gasteiger partial charge in [-0.3, -0.25) is 0 Å². The van der Waals surface area contributed by atoms with E-state index in [1.807, 2.05) is 41.2 Å². The molecule has 0 saturated heterocycles. The number of imidazole rings is 1. The van der Waals surface area contributed by atoms with Gasteiger partial charge in [-0.25, -0.2) is 14.8 Å². The van der Waals surface area contributed by atoms with Crippen LogP contribution in [-0.4, -0.2) is 26.6 Å². The number of fused-ring (bicyclic) bond motifs is 1. The van der Waals surface area contributed by atoms with E-state index in [2.05, 4.69) is 9.97 Å². The van der Waals surface area contributed by atoms with Crippen LogP contribution in [-0.2, 0) is 11.3 Å². The van der Waals surface area contributed by atoms with Crippen molar-refractivity contribution in [1.82, 2.24) is 14.4 Å². The van der Waals surface area contributed by atoms with Gasteiger partial charge in [0.1, 0.15) is 17.3 Å². The molecule has 6 heteroatoms. The molecule has 3 aromatic rings. The Hall–Kier alpha value is -2.34. The maximum atomic E-state index is 12.1. The zero-order chi connectivity index (χ0) is 14.7. The molecule has 0 radical (unpaired) electrons. The first-order valence-corrected chi connectivity index (χ1v) is 7.59. The van der Waals surface area contributed by atoms with Gasteiger partial charge in [-0.15, -0.1) is 11.8 Å². The number of rotatable bonds is 4. The highest BCUT2D eigenvalue weighted by Crippen LogP contribution is 2.18. The van der Waals surface area contributed by atoms with Gasteiger partial charge in [0.25, 0.3) is 0 Å². The summed E-state index contributed by atoms with van der Waals surface area (Å²) in [6.07, 6.45) is 7.29. The number of esters is 1. The molecule has 0 fully saturated rings. The minimum Gasteiger partial charge on any atom is -0.455 e. The number of nitrogens with zero attached hydrogens (tertiary/aromatic N) is 3. The molecule has 5 nitrogen and oxygen atoms in total. The molecule has 3 rings (SSSR count). The van der Waals surface area contributed by atoms with Gasteiger partial charge in [-0.05, 0) is 30.5 Å². The lowest BCUT2D eigenvalue weighted by Gasteiger charge is -2.05. The number of carbonyl (C=O) groups excluding carboxylic acids is 1. The summed E-state index contributed by atoms with van der Waals surface area (Å²) in [6, 6.07) is 9.17. The molecule has 0 saturated carbocycles. The van der Waals surface area contributed by atoms with Gasteiger partial charge in [-0.1, -0.05) is 6.07 Å². The van der Waals surface area contributed by atoms with Crippen LogP contribution in [0.3, 0.4) is 0 Å². The van der Waals surface area contributed by atoms with Crippen LogP contribution < -0.4 is 0 Å². The Bertz CT molecular complexity index is 752. The highest BCUT2D eigenvalue weighted by Gasteiger charge is 2.13. The average Bonchev–Trinajstić information content (AvgIpc) is 2.95. The first kappa shape index (κ1) is 13.6. The molecule has 0 bridgehead atoms. The Morgan fingerprint density at radius 2 is 2.24 bits per heavy atom. The highest BCUT2D eigenvalue weighted by molar-refractivity contribution is 7.98. The second-order valence-corrected chi connectivity index (χ2v) is 5.13. The molecular formula is C15H13N3O2S. The van der Waals surface area contributed by atoms with Gasteiger partial charge in [0.15, 0.2) is 0 Å². The largest absolute Gasteiger partial charge is 0.455 e. The maximum absolute atomic E-state index is 12.1. The van der Waals surface area contributed by atoms with Crippen molar-refractivity contribution in [2.45, 2.75) is 11.6 Å². The normalized spacial score (nSPS) is 10.7. The van der Waals surface area contributed by atoms with Crippen molar-refractivity contribution >= 4 is 23.4 Å². The fraction of sp³-hybridized carbons (Fsp3) is 0.133. The van der Waals surface area contributed by atoms with Crippen LogP contribution in [0.4, 0.5) is 0 Å². The molecule has 0 aliphatic rings. The summed E-state index contributed by atoms with van der Waals surface area (Å²) in [5.41, 5.74) is 2.02. The lowest BCUT2D eigenvalue weighted by Crippen LogP contribution is -2.07. The third-order valence-electron chi connectivity index (χ3n) is 2.95. The fourth-order valence-corrected chi connectivity index (χ4v) is 2.52. The second-order valence-electron chi connectivity index (χ2n) is 4.33. The minimum absolute atomic E-state index is 0.142. The van der Waals surface area contributed by atoms with Gasteiger partial charge in [0, 0.05) is 18.6 Å². The molecule has 0 aromatic carbocycles. The third-order valence-corrected chi connectivity index (χ3v) is 3.66. The van der Waals surface area contributed by atoms with Crippen molar-refractivity contribution in [2.24, 2.45) is 0 Å². The van der Waals surface area contributed by atoms with Crippen LogP contribution in [0.5, 0.6) is 0 Å². The third kappa shape index (κ3) is 2.90. The van der Waals surface area contributed by atoms with Gasteiger partial charge < -0.3 is 9.14 Å². The van der Waals surface area contributed by atoms with Crippen LogP contribution in [0, 0.1) is 0 Å². The molecule has 106 valence electrons. The standard InChI is InChI=1S/C15H13N3O2S/c1-21-14-12(5-4-7-16-14)15(19)20-10-11-9-18-8-3-2-6-13(18)17-11/h2-9H,10H2,1H3. The topological polar surface area (TPSA) is 56.5 Å². The van der Waals surface area contributed by atoms with Gasteiger partial charge >= 0.3 is 5.97 Å². The summed E-state index contributed by atoms with van der Waals surface area (Å²) in [5.74, 6) is -0.385. The van der Waals surface area contributed by atoms with E-state index >= 15 is 0 Å². The van der Waals surface area contributed by atoms with E-state index < -0.39 is 0 Å². The molecule has 21 heavy (non-hydrogen) atoms. The molecule has 0 amide bonds. The van der Waals surface area contributed by atoms with Crippen LogP contribution in [0.1, 0.15) is 16.1 Å². The SMILES string of the molecule is CSc1ncccc1C(=O)OCc1cn2ccccc2n1. The first-order chi connectivity index (χ1) is 10.3. The molecule has 0 aliphatic carbocycles. The summed E-state index contributed by atoms with van der Waals surface area (Å²) in [4.78, 5) is 20.6. The molecule has 3 aromatic heterocycles. The smallest absolute Gasteiger partial charge is 0.341 e. The minimum atomic E-state index is -0.385. The quantitative estimate of drug-likeness (QED) is 0.547. The highest BCUT2D eigenvalue weighted by atomic mass is 32.2. The summed E-state index contributed by atoms with van der Waals surface area (Å²) < 4.78 is 7.21. The van der Waals surface area contributed by atoms with E-state index in [0.29, 0.717) is 16.3 Å². The van der Waals surface area contributed by atoms with Crippen molar-refractivity contribution in [3.05, 3.63) is 60.2 Å². The fourth-order valence-electron chi connectivity index (χ4n) is 1.98. The number of carbonyl (C=O) groups is 1. The van der Waals surface area contributed by atoms with Crippen LogP contribution in [0.25, 0.3) is 5.65 Å². The summed E-state index contributed by atoms with van der Waals surface area (Å²) >= 11 is 1.42. The van der Waals surface area contributed by atoms with Crippen LogP contribution >= 0.6 is 11.8 Å². The lowest BCUT2D eigenvalue weighted by molar-refractivity contribution is 0.0463. The number of pyridine rings is 2. The molecule has 0 spiro atoms. The number of thioether (sulfide) groups is 1. The molecule has 0 N–H and O–H groups in total. The van der Waals surface area contributed by atoms with Crippen molar-refractivity contribution in [3.8, 4) is 0 Å². The number of hydrogen-bond donors (Lipinski definition) is 0. The van der Waals surface area contributed by atoms with Crippen molar-refractivity contribution in [3.63, 3.8) is 0 Å². The summed E-state index contributed by atoms with van der Waals surface area (Å²) in [6.45, 7) is 0.142. The van der Waals surface area contributed by atoms with Crippen molar-refractivity contribution < 1.29 is 9.53 Å². The molecule has 0 unspecified atom stereocenters. The Morgan fingerprint density at radius 1 is 1.33 bits per heavy atom. The van der Waals surface area contributed by atoms with Crippen molar-refractivity contribution in [1.29, 1.82) is 0 Å². The molecule has 0 atom stereocenters. The Morgan fingerprint density at radius 3 is 3.05 bits per heavy atom. The van der Waals surface area contributed by atoms with E-state index in [9.17, 15) is 4.79 Å². The zero-order valence-electron chi connectivity index (χ0n) is 11.4. The second kappa shape index (κ2) is 5.97. The van der Waals surface area contributed by atoms with E-state index in [1.54, 1.807) is 18.3 Å². The van der Waals surface area contributed by atoms with Gasteiger partial charge in [0.2, 0.25) is 0 Å². The number of aromatic nitrogens is 3. The molecule has 3 heterocycles. The molecular weight excluding hydrogens is 286 g/mol. The van der Waals surface area contributed by atoms with E-state index in [-0.39, 0.29) is 12.6 Å². The average molecular weight is 299 g/mol. The van der Waals surface area contributed by atoms with Gasteiger partial charge in [-0.2, -0.15) is 0 Å². The predicted octanol–water partition coefficient (Wildman–Crippen LogP) is 2.81. The van der Waals surface area contributed by atoms with Crippen molar-refractivity contribution in [2.75, 3.05) is 6.26 Å². The predicted molar refractivity (Wildman–Crippen MR) is 80.3 cm³/mol. The van der Waals surface area contributed by atoms with E-state index in [0.717, 1.165) is 5.65 Å². The number of hydrogen-bond acceptors (Lipinski definition) is 5. The Kier molecular flexibility index (Phi) is 3.87. The number of ether oxygens (including phenoxy) is 1. The molecule has 0 aliphatic heterocycles. The Labute approximate surface area is 126 Å². The zero-order valence-corrected chi connectivity index (χ0v) is 12.2. The van der Waals surface area contributed by atoms with Gasteiger partial charge in [0.05, 0.1) is 11.3 Å². The van der Waals surface area contributed by atoms with E-state index in [1.165, 1.54) is 11.8 Å². The lowest BCUT2D eigenvalue weighted by atomic mass is 10.3. The summed E-state index contributed by atoms with van der Waals surface area (Å²) in [5, 5.41) is 0.664. The first-order valence-electron chi connectivity index (χ1n) is 6.36. The van der Waals surface area contributed by atoms with Crippen LogP contribution in [0.15, 0.2) is 53.9 Å². The van der Waals surface area contributed by atoms with Crippen LogP contribution in [0.2, 0.25) is 0 Å². The maximum Gasteiger partial charge on any atom is 0.341 e. The Balaban J connectivity index is 1.73. The monoisotopic (exact) mass is 299 g/mol. The van der Waals surface area contributed by atoms with E-state index in [4.69, 9.17) is 4.74 Å². The summed E-state index contributed by atoms with van der Waals surface area (Å²) in [7, 11) is 0.